The van der Waals surface area contributed by atoms with Gasteiger partial charge in [-0.25, -0.2) is 4.79 Å². The molecule has 0 unspecified atom stereocenters. The van der Waals surface area contributed by atoms with Gasteiger partial charge in [0, 0.05) is 18.5 Å². The maximum absolute atomic E-state index is 12.5. The summed E-state index contributed by atoms with van der Waals surface area (Å²) in [5.41, 5.74) is 3.69. The second-order valence-corrected chi connectivity index (χ2v) is 7.49. The summed E-state index contributed by atoms with van der Waals surface area (Å²) in [5.74, 6) is -1.07. The van der Waals surface area contributed by atoms with E-state index in [1.54, 1.807) is 42.2 Å². The molecule has 4 rings (SSSR count). The van der Waals surface area contributed by atoms with Gasteiger partial charge < -0.3 is 15.0 Å². The lowest BCUT2D eigenvalue weighted by atomic mass is 10.1. The van der Waals surface area contributed by atoms with Crippen LogP contribution < -0.4 is 10.2 Å². The third-order valence-corrected chi connectivity index (χ3v) is 5.25. The molecule has 1 aliphatic rings. The number of carbonyl (C=O) groups is 3. The molecule has 1 fully saturated rings. The van der Waals surface area contributed by atoms with Gasteiger partial charge in [0.2, 0.25) is 5.91 Å². The molecule has 1 aromatic heterocycles. The second-order valence-electron chi connectivity index (χ2n) is 7.49. The summed E-state index contributed by atoms with van der Waals surface area (Å²) in [6.45, 7) is 1.90. The van der Waals surface area contributed by atoms with Gasteiger partial charge in [-0.05, 0) is 37.6 Å². The van der Waals surface area contributed by atoms with E-state index in [2.05, 4.69) is 10.3 Å². The van der Waals surface area contributed by atoms with Crippen LogP contribution in [0.15, 0.2) is 66.7 Å². The van der Waals surface area contributed by atoms with Gasteiger partial charge in [-0.3, -0.25) is 14.6 Å². The fourth-order valence-electron chi connectivity index (χ4n) is 3.66. The van der Waals surface area contributed by atoms with Crippen LogP contribution in [0.1, 0.15) is 28.9 Å². The van der Waals surface area contributed by atoms with E-state index in [1.165, 1.54) is 0 Å². The van der Waals surface area contributed by atoms with Gasteiger partial charge in [0.15, 0.2) is 6.61 Å². The van der Waals surface area contributed by atoms with Gasteiger partial charge in [-0.15, -0.1) is 0 Å². The number of nitrogens with one attached hydrogen (secondary N) is 1. The van der Waals surface area contributed by atoms with Crippen LogP contribution in [0.3, 0.4) is 0 Å². The predicted octanol–water partition coefficient (Wildman–Crippen LogP) is 3.98. The molecule has 2 amide bonds. The average Bonchev–Trinajstić information content (AvgIpc) is 3.24. The van der Waals surface area contributed by atoms with E-state index in [0.717, 1.165) is 17.7 Å². The number of aromatic nitrogens is 1. The Kier molecular flexibility index (Phi) is 6.26. The highest BCUT2D eigenvalue weighted by molar-refractivity contribution is 6.03. The van der Waals surface area contributed by atoms with E-state index < -0.39 is 18.5 Å². The molecule has 32 heavy (non-hydrogen) atoms. The molecule has 162 valence electrons. The number of aryl methyl sites for hydroxylation is 1. The number of anilines is 2. The first-order valence-corrected chi connectivity index (χ1v) is 10.4. The van der Waals surface area contributed by atoms with Gasteiger partial charge in [-0.1, -0.05) is 42.5 Å². The molecular weight excluding hydrogens is 406 g/mol. The van der Waals surface area contributed by atoms with Gasteiger partial charge in [0.1, 0.15) is 0 Å². The smallest absolute Gasteiger partial charge is 0.340 e. The second kappa shape index (κ2) is 9.43. The van der Waals surface area contributed by atoms with E-state index in [1.807, 2.05) is 36.4 Å². The van der Waals surface area contributed by atoms with Gasteiger partial charge in [0.25, 0.3) is 5.91 Å². The first-order valence-electron chi connectivity index (χ1n) is 10.4. The Labute approximate surface area is 186 Å². The molecule has 1 N–H and O–H groups in total. The third-order valence-electron chi connectivity index (χ3n) is 5.25. The molecule has 3 aromatic rings. The molecule has 0 bridgehead atoms. The zero-order valence-electron chi connectivity index (χ0n) is 17.7. The Hall–Kier alpha value is -4.00. The number of hydrogen-bond acceptors (Lipinski definition) is 5. The van der Waals surface area contributed by atoms with Crippen molar-refractivity contribution in [1.82, 2.24) is 4.98 Å². The average molecular weight is 429 g/mol. The minimum Gasteiger partial charge on any atom is -0.452 e. The number of esters is 1. The number of nitrogens with zero attached hydrogens (tertiary/aromatic N) is 2. The molecule has 7 heteroatoms. The van der Waals surface area contributed by atoms with Crippen molar-refractivity contribution in [3.63, 3.8) is 0 Å². The normalized spacial score (nSPS) is 13.2. The first-order chi connectivity index (χ1) is 15.5. The molecule has 1 saturated heterocycles. The van der Waals surface area contributed by atoms with Crippen LogP contribution in [0.2, 0.25) is 0 Å². The summed E-state index contributed by atoms with van der Waals surface area (Å²) >= 11 is 0. The van der Waals surface area contributed by atoms with E-state index in [0.29, 0.717) is 35.6 Å². The molecule has 0 spiro atoms. The SMILES string of the molecule is Cc1nc(-c2ccccc2)ccc1C(=O)OCC(=O)Nc1ccccc1N1CCCC1=O. The number of carbonyl (C=O) groups excluding carboxylic acids is 3. The highest BCUT2D eigenvalue weighted by atomic mass is 16.5. The number of pyridine rings is 1. The summed E-state index contributed by atoms with van der Waals surface area (Å²) in [6, 6.07) is 20.1. The zero-order valence-corrected chi connectivity index (χ0v) is 17.7. The third kappa shape index (κ3) is 4.67. The summed E-state index contributed by atoms with van der Waals surface area (Å²) in [4.78, 5) is 43.1. The number of rotatable bonds is 6. The lowest BCUT2D eigenvalue weighted by molar-refractivity contribution is -0.119. The Morgan fingerprint density at radius 3 is 2.50 bits per heavy atom. The highest BCUT2D eigenvalue weighted by Gasteiger charge is 2.24. The van der Waals surface area contributed by atoms with Crippen molar-refractivity contribution in [2.45, 2.75) is 19.8 Å². The molecule has 0 atom stereocenters. The van der Waals surface area contributed by atoms with Crippen LogP contribution in [0.5, 0.6) is 0 Å². The van der Waals surface area contributed by atoms with Crippen LogP contribution in [-0.4, -0.2) is 35.9 Å². The molecule has 0 saturated carbocycles. The number of benzene rings is 2. The fourth-order valence-corrected chi connectivity index (χ4v) is 3.66. The number of hydrogen-bond donors (Lipinski definition) is 1. The Morgan fingerprint density at radius 2 is 1.78 bits per heavy atom. The van der Waals surface area contributed by atoms with Crippen LogP contribution in [0, 0.1) is 6.92 Å². The largest absolute Gasteiger partial charge is 0.452 e. The minimum atomic E-state index is -0.618. The van der Waals surface area contributed by atoms with E-state index in [4.69, 9.17) is 4.74 Å². The molecular formula is C25H23N3O4. The topological polar surface area (TPSA) is 88.6 Å². The standard InChI is InChI=1S/C25H23N3O4/c1-17-19(13-14-20(26-17)18-8-3-2-4-9-18)25(31)32-16-23(29)27-21-10-5-6-11-22(21)28-15-7-12-24(28)30/h2-6,8-11,13-14H,7,12,15-16H2,1H3,(H,27,29). The zero-order chi connectivity index (χ0) is 22.5. The Balaban J connectivity index is 1.39. The Morgan fingerprint density at radius 1 is 1.03 bits per heavy atom. The van der Waals surface area contributed by atoms with Crippen molar-refractivity contribution in [2.24, 2.45) is 0 Å². The fraction of sp³-hybridized carbons (Fsp3) is 0.200. The minimum absolute atomic E-state index is 0.0278. The summed E-state index contributed by atoms with van der Waals surface area (Å²) in [7, 11) is 0. The lowest BCUT2D eigenvalue weighted by Gasteiger charge is -2.20. The number of amides is 2. The van der Waals surface area contributed by atoms with Crippen molar-refractivity contribution in [3.05, 3.63) is 78.0 Å². The summed E-state index contributed by atoms with van der Waals surface area (Å²) in [5, 5.41) is 2.73. The molecule has 2 aromatic carbocycles. The van der Waals surface area contributed by atoms with Crippen molar-refractivity contribution >= 4 is 29.2 Å². The maximum atomic E-state index is 12.5. The van der Waals surface area contributed by atoms with E-state index >= 15 is 0 Å². The molecule has 0 radical (unpaired) electrons. The van der Waals surface area contributed by atoms with Crippen molar-refractivity contribution in [1.29, 1.82) is 0 Å². The van der Waals surface area contributed by atoms with E-state index in [9.17, 15) is 14.4 Å². The van der Waals surface area contributed by atoms with Crippen molar-refractivity contribution < 1.29 is 19.1 Å². The molecule has 2 heterocycles. The van der Waals surface area contributed by atoms with Crippen LogP contribution in [0.4, 0.5) is 11.4 Å². The van der Waals surface area contributed by atoms with Crippen molar-refractivity contribution in [3.8, 4) is 11.3 Å². The number of para-hydroxylation sites is 2. The molecule has 1 aliphatic heterocycles. The predicted molar refractivity (Wildman–Crippen MR) is 121 cm³/mol. The van der Waals surface area contributed by atoms with Crippen molar-refractivity contribution in [2.75, 3.05) is 23.4 Å². The first kappa shape index (κ1) is 21.2. The van der Waals surface area contributed by atoms with Gasteiger partial charge in [0.05, 0.1) is 28.3 Å². The molecule has 0 aliphatic carbocycles. The van der Waals surface area contributed by atoms with Gasteiger partial charge in [-0.2, -0.15) is 0 Å². The van der Waals surface area contributed by atoms with Crippen LogP contribution in [0.25, 0.3) is 11.3 Å². The van der Waals surface area contributed by atoms with Crippen LogP contribution in [-0.2, 0) is 14.3 Å². The monoisotopic (exact) mass is 429 g/mol. The number of ether oxygens (including phenoxy) is 1. The quantitative estimate of drug-likeness (QED) is 0.599. The van der Waals surface area contributed by atoms with Crippen LogP contribution >= 0.6 is 0 Å². The van der Waals surface area contributed by atoms with E-state index in [-0.39, 0.29) is 5.91 Å². The lowest BCUT2D eigenvalue weighted by Crippen LogP contribution is -2.27. The Bertz CT molecular complexity index is 1160. The highest BCUT2D eigenvalue weighted by Crippen LogP contribution is 2.29. The summed E-state index contributed by atoms with van der Waals surface area (Å²) in [6.07, 6.45) is 1.28. The molecule has 7 nitrogen and oxygen atoms in total. The summed E-state index contributed by atoms with van der Waals surface area (Å²) < 4.78 is 5.20. The maximum Gasteiger partial charge on any atom is 0.340 e. The van der Waals surface area contributed by atoms with Gasteiger partial charge >= 0.3 is 5.97 Å².